The minimum atomic E-state index is -0.216. The Balaban J connectivity index is 2.15. The fourth-order valence-electron chi connectivity index (χ4n) is 3.06. The smallest absolute Gasteiger partial charge is 0.224 e. The molecule has 3 N–H and O–H groups in total. The molecule has 3 unspecified atom stereocenters. The molecule has 1 aliphatic rings. The van der Waals surface area contributed by atoms with Crippen molar-refractivity contribution in [3.05, 3.63) is 34.9 Å². The van der Waals surface area contributed by atoms with Crippen molar-refractivity contribution in [3.63, 3.8) is 0 Å². The summed E-state index contributed by atoms with van der Waals surface area (Å²) in [6, 6.07) is 7.73. The van der Waals surface area contributed by atoms with E-state index in [0.29, 0.717) is 18.2 Å². The number of ether oxygens (including phenoxy) is 1. The van der Waals surface area contributed by atoms with E-state index in [2.05, 4.69) is 24.1 Å². The van der Waals surface area contributed by atoms with E-state index in [9.17, 15) is 4.79 Å². The standard InChI is InChI=1S/C19H30ClN3O2/c1-13(14(2)21)18(24)22-11-17(15-5-7-16(20)8-6-15)23-9-10-25-19(3,4)12-23/h5-8,13-14,17H,9-12,21H2,1-4H3,(H,22,24). The second-order valence-electron chi connectivity index (χ2n) is 7.54. The molecule has 1 aromatic carbocycles. The van der Waals surface area contributed by atoms with Crippen LogP contribution in [0, 0.1) is 5.92 Å². The van der Waals surface area contributed by atoms with Gasteiger partial charge in [0.05, 0.1) is 18.2 Å². The number of rotatable bonds is 6. The Hall–Kier alpha value is -1.14. The summed E-state index contributed by atoms with van der Waals surface area (Å²) in [5.41, 5.74) is 6.78. The average Bonchev–Trinajstić information content (AvgIpc) is 2.54. The number of amides is 1. The maximum atomic E-state index is 12.3. The zero-order chi connectivity index (χ0) is 18.6. The number of hydrogen-bond acceptors (Lipinski definition) is 4. The first-order chi connectivity index (χ1) is 11.7. The molecular formula is C19H30ClN3O2. The molecule has 0 radical (unpaired) electrons. The van der Waals surface area contributed by atoms with E-state index in [1.807, 2.05) is 38.1 Å². The van der Waals surface area contributed by atoms with Crippen LogP contribution in [0.2, 0.25) is 5.02 Å². The van der Waals surface area contributed by atoms with Gasteiger partial charge in [0.15, 0.2) is 0 Å². The molecule has 0 bridgehead atoms. The molecule has 25 heavy (non-hydrogen) atoms. The molecule has 140 valence electrons. The van der Waals surface area contributed by atoms with Crippen molar-refractivity contribution in [2.24, 2.45) is 11.7 Å². The van der Waals surface area contributed by atoms with E-state index in [-0.39, 0.29) is 29.5 Å². The SMILES string of the molecule is CC(N)C(C)C(=O)NCC(c1ccc(Cl)cc1)N1CCOC(C)(C)C1. The van der Waals surface area contributed by atoms with Crippen molar-refractivity contribution in [3.8, 4) is 0 Å². The Morgan fingerprint density at radius 1 is 1.36 bits per heavy atom. The van der Waals surface area contributed by atoms with Crippen LogP contribution in [0.25, 0.3) is 0 Å². The highest BCUT2D eigenvalue weighted by Crippen LogP contribution is 2.27. The lowest BCUT2D eigenvalue weighted by molar-refractivity contribution is -0.125. The summed E-state index contributed by atoms with van der Waals surface area (Å²) in [5.74, 6) is -0.228. The summed E-state index contributed by atoms with van der Waals surface area (Å²) in [5, 5.41) is 3.78. The first-order valence-electron chi connectivity index (χ1n) is 8.86. The molecule has 5 nitrogen and oxygen atoms in total. The minimum absolute atomic E-state index is 0.0125. The second kappa shape index (κ2) is 8.49. The summed E-state index contributed by atoms with van der Waals surface area (Å²) in [7, 11) is 0. The van der Waals surface area contributed by atoms with Gasteiger partial charge in [0, 0.05) is 36.6 Å². The van der Waals surface area contributed by atoms with E-state index in [0.717, 1.165) is 18.7 Å². The monoisotopic (exact) mass is 367 g/mol. The van der Waals surface area contributed by atoms with Crippen LogP contribution in [0.4, 0.5) is 0 Å². The Bertz CT molecular complexity index is 575. The normalized spacial score (nSPS) is 21.4. The zero-order valence-corrected chi connectivity index (χ0v) is 16.3. The third kappa shape index (κ3) is 5.68. The van der Waals surface area contributed by atoms with E-state index in [1.54, 1.807) is 0 Å². The van der Waals surface area contributed by atoms with Gasteiger partial charge in [-0.3, -0.25) is 9.69 Å². The Labute approximate surface area is 155 Å². The number of halogens is 1. The van der Waals surface area contributed by atoms with Gasteiger partial charge in [-0.25, -0.2) is 0 Å². The van der Waals surface area contributed by atoms with Crippen LogP contribution < -0.4 is 11.1 Å². The van der Waals surface area contributed by atoms with Gasteiger partial charge in [0.2, 0.25) is 5.91 Å². The minimum Gasteiger partial charge on any atom is -0.373 e. The zero-order valence-electron chi connectivity index (χ0n) is 15.6. The van der Waals surface area contributed by atoms with Crippen LogP contribution >= 0.6 is 11.6 Å². The quantitative estimate of drug-likeness (QED) is 0.811. The maximum Gasteiger partial charge on any atom is 0.224 e. The van der Waals surface area contributed by atoms with E-state index < -0.39 is 0 Å². The maximum absolute atomic E-state index is 12.3. The van der Waals surface area contributed by atoms with Crippen LogP contribution in [0.1, 0.15) is 39.3 Å². The second-order valence-corrected chi connectivity index (χ2v) is 7.98. The van der Waals surface area contributed by atoms with Crippen LogP contribution in [0.3, 0.4) is 0 Å². The topological polar surface area (TPSA) is 67.6 Å². The predicted octanol–water partition coefficient (Wildman–Crippen LogP) is 2.59. The number of nitrogens with one attached hydrogen (secondary N) is 1. The molecule has 1 fully saturated rings. The summed E-state index contributed by atoms with van der Waals surface area (Å²) in [4.78, 5) is 14.7. The molecule has 0 aliphatic carbocycles. The van der Waals surface area contributed by atoms with Crippen LogP contribution in [0.15, 0.2) is 24.3 Å². The van der Waals surface area contributed by atoms with Gasteiger partial charge >= 0.3 is 0 Å². The number of nitrogens with two attached hydrogens (primary N) is 1. The highest BCUT2D eigenvalue weighted by atomic mass is 35.5. The Morgan fingerprint density at radius 3 is 2.56 bits per heavy atom. The fourth-order valence-corrected chi connectivity index (χ4v) is 3.18. The fraction of sp³-hybridized carbons (Fsp3) is 0.632. The number of morpholine rings is 1. The van der Waals surface area contributed by atoms with E-state index in [1.165, 1.54) is 0 Å². The van der Waals surface area contributed by atoms with Gasteiger partial charge in [0.25, 0.3) is 0 Å². The molecule has 1 aliphatic heterocycles. The van der Waals surface area contributed by atoms with Gasteiger partial charge in [-0.15, -0.1) is 0 Å². The van der Waals surface area contributed by atoms with Crippen molar-refractivity contribution in [1.82, 2.24) is 10.2 Å². The van der Waals surface area contributed by atoms with Crippen molar-refractivity contribution in [2.75, 3.05) is 26.2 Å². The van der Waals surface area contributed by atoms with Crippen molar-refractivity contribution in [2.45, 2.75) is 45.4 Å². The van der Waals surface area contributed by atoms with E-state index >= 15 is 0 Å². The predicted molar refractivity (Wildman–Crippen MR) is 102 cm³/mol. The lowest BCUT2D eigenvalue weighted by Crippen LogP contribution is -2.52. The molecule has 2 rings (SSSR count). The first kappa shape index (κ1) is 20.2. The van der Waals surface area contributed by atoms with Crippen molar-refractivity contribution < 1.29 is 9.53 Å². The number of hydrogen-bond donors (Lipinski definition) is 2. The molecule has 0 saturated carbocycles. The first-order valence-corrected chi connectivity index (χ1v) is 9.24. The lowest BCUT2D eigenvalue weighted by atomic mass is 9.99. The molecule has 1 amide bonds. The van der Waals surface area contributed by atoms with Gasteiger partial charge in [0.1, 0.15) is 0 Å². The number of carbonyl (C=O) groups is 1. The lowest BCUT2D eigenvalue weighted by Gasteiger charge is -2.42. The van der Waals surface area contributed by atoms with Gasteiger partial charge in [-0.1, -0.05) is 30.7 Å². The van der Waals surface area contributed by atoms with E-state index in [4.69, 9.17) is 22.1 Å². The van der Waals surface area contributed by atoms with Gasteiger partial charge in [-0.05, 0) is 38.5 Å². The summed E-state index contributed by atoms with van der Waals surface area (Å²) < 4.78 is 5.83. The summed E-state index contributed by atoms with van der Waals surface area (Å²) >= 11 is 6.03. The van der Waals surface area contributed by atoms with Gasteiger partial charge < -0.3 is 15.8 Å². The molecular weight excluding hydrogens is 338 g/mol. The largest absolute Gasteiger partial charge is 0.373 e. The highest BCUT2D eigenvalue weighted by Gasteiger charge is 2.32. The Kier molecular flexibility index (Phi) is 6.86. The van der Waals surface area contributed by atoms with Gasteiger partial charge in [-0.2, -0.15) is 0 Å². The third-order valence-electron chi connectivity index (χ3n) is 4.82. The van der Waals surface area contributed by atoms with Crippen molar-refractivity contribution >= 4 is 17.5 Å². The molecule has 1 heterocycles. The number of benzene rings is 1. The molecule has 6 heteroatoms. The number of nitrogens with zero attached hydrogens (tertiary/aromatic N) is 1. The molecule has 0 aromatic heterocycles. The third-order valence-corrected chi connectivity index (χ3v) is 5.07. The summed E-state index contributed by atoms with van der Waals surface area (Å²) in [6.45, 7) is 10.7. The van der Waals surface area contributed by atoms with Crippen LogP contribution in [0.5, 0.6) is 0 Å². The van der Waals surface area contributed by atoms with Crippen LogP contribution in [-0.4, -0.2) is 48.7 Å². The molecule has 1 saturated heterocycles. The van der Waals surface area contributed by atoms with Crippen molar-refractivity contribution in [1.29, 1.82) is 0 Å². The molecule has 0 spiro atoms. The van der Waals surface area contributed by atoms with Crippen LogP contribution in [-0.2, 0) is 9.53 Å². The Morgan fingerprint density at radius 2 is 2.00 bits per heavy atom. The number of carbonyl (C=O) groups excluding carboxylic acids is 1. The highest BCUT2D eigenvalue weighted by molar-refractivity contribution is 6.30. The molecule has 1 aromatic rings. The molecule has 3 atom stereocenters. The summed E-state index contributed by atoms with van der Waals surface area (Å²) in [6.07, 6.45) is 0. The average molecular weight is 368 g/mol.